The molecular weight excluding hydrogens is 484 g/mol. The van der Waals surface area contributed by atoms with Crippen LogP contribution in [0.3, 0.4) is 0 Å². The summed E-state index contributed by atoms with van der Waals surface area (Å²) in [5.74, 6) is 1.17. The van der Waals surface area contributed by atoms with E-state index in [4.69, 9.17) is 14.5 Å². The zero-order chi connectivity index (χ0) is 27.2. The molecule has 0 bridgehead atoms. The second kappa shape index (κ2) is 17.0. The molecule has 0 aromatic carbocycles. The summed E-state index contributed by atoms with van der Waals surface area (Å²) in [7, 11) is 3.41. The first-order chi connectivity index (χ1) is 18.1. The lowest BCUT2D eigenvalue weighted by atomic mass is 9.91. The maximum Gasteiger partial charge on any atom is 0.236 e. The third-order valence-electron chi connectivity index (χ3n) is 7.17. The number of carbonyl (C=O) groups is 1. The largest absolute Gasteiger partial charge is 0.501 e. The summed E-state index contributed by atoms with van der Waals surface area (Å²) in [6, 6.07) is 0.777. The first kappa shape index (κ1) is 31.5. The quantitative estimate of drug-likeness (QED) is 0.320. The van der Waals surface area contributed by atoms with E-state index in [1.807, 2.05) is 40.7 Å². The molecule has 0 spiro atoms. The molecule has 0 N–H and O–H groups in total. The number of aromatic nitrogens is 1. The second-order valence-corrected chi connectivity index (χ2v) is 10.3. The van der Waals surface area contributed by atoms with Crippen LogP contribution in [0.15, 0.2) is 17.9 Å². The van der Waals surface area contributed by atoms with Crippen LogP contribution in [0, 0.1) is 0 Å². The first-order valence-corrected chi connectivity index (χ1v) is 15.0. The number of carbonyl (C=O) groups excluding carboxylic acids is 1. The van der Waals surface area contributed by atoms with E-state index >= 15 is 0 Å². The first-order valence-electron chi connectivity index (χ1n) is 14.2. The van der Waals surface area contributed by atoms with E-state index in [0.29, 0.717) is 13.2 Å². The van der Waals surface area contributed by atoms with E-state index in [0.717, 1.165) is 74.5 Å². The topological polar surface area (TPSA) is 58.1 Å². The Bertz CT molecular complexity index is 871. The third kappa shape index (κ3) is 8.91. The van der Waals surface area contributed by atoms with E-state index in [1.54, 1.807) is 25.6 Å². The lowest BCUT2D eigenvalue weighted by Gasteiger charge is -2.43. The molecule has 3 aliphatic rings. The molecule has 8 heteroatoms. The summed E-state index contributed by atoms with van der Waals surface area (Å²) in [5, 5.41) is 1.03. The van der Waals surface area contributed by atoms with Crippen LogP contribution >= 0.6 is 11.3 Å². The van der Waals surface area contributed by atoms with Crippen LogP contribution in [0.1, 0.15) is 75.9 Å². The summed E-state index contributed by atoms with van der Waals surface area (Å²) in [6.07, 6.45) is 9.84. The van der Waals surface area contributed by atoms with Crippen molar-refractivity contribution in [3.05, 3.63) is 33.5 Å². The Kier molecular flexibility index (Phi) is 14.4. The molecule has 1 saturated heterocycles. The van der Waals surface area contributed by atoms with Crippen molar-refractivity contribution < 1.29 is 14.3 Å². The van der Waals surface area contributed by atoms with E-state index in [-0.39, 0.29) is 5.91 Å². The summed E-state index contributed by atoms with van der Waals surface area (Å²) < 4.78 is 10.7. The minimum Gasteiger partial charge on any atom is -0.501 e. The molecule has 1 aromatic rings. The molecule has 2 aliphatic heterocycles. The minimum atomic E-state index is 0.274. The van der Waals surface area contributed by atoms with Gasteiger partial charge in [-0.2, -0.15) is 0 Å². The summed E-state index contributed by atoms with van der Waals surface area (Å²) in [5.41, 5.74) is 2.30. The molecule has 7 nitrogen and oxygen atoms in total. The Hall–Kier alpha value is -1.74. The van der Waals surface area contributed by atoms with Gasteiger partial charge in [-0.15, -0.1) is 11.3 Å². The molecule has 2 fully saturated rings. The fraction of sp³-hybridized carbons (Fsp3) is 0.724. The van der Waals surface area contributed by atoms with Crippen molar-refractivity contribution in [2.24, 2.45) is 0 Å². The highest BCUT2D eigenvalue weighted by Crippen LogP contribution is 2.33. The van der Waals surface area contributed by atoms with Crippen molar-refractivity contribution in [1.82, 2.24) is 19.7 Å². The van der Waals surface area contributed by atoms with Crippen molar-refractivity contribution in [2.45, 2.75) is 79.3 Å². The van der Waals surface area contributed by atoms with E-state index < -0.39 is 0 Å². The highest BCUT2D eigenvalue weighted by atomic mass is 32.1. The molecule has 1 amide bonds. The molecule has 0 radical (unpaired) electrons. The molecule has 4 rings (SSSR count). The maximum atomic E-state index is 13.0. The Morgan fingerprint density at radius 2 is 1.76 bits per heavy atom. The molecule has 1 aliphatic carbocycles. The molecule has 37 heavy (non-hydrogen) atoms. The summed E-state index contributed by atoms with van der Waals surface area (Å²) in [4.78, 5) is 26.1. The molecule has 0 unspecified atom stereocenters. The van der Waals surface area contributed by atoms with Crippen molar-refractivity contribution in [1.29, 1.82) is 0 Å². The predicted octanol–water partition coefficient (Wildman–Crippen LogP) is 5.22. The second-order valence-electron chi connectivity index (χ2n) is 9.22. The van der Waals surface area contributed by atoms with E-state index in [2.05, 4.69) is 20.8 Å². The molecule has 3 heterocycles. The summed E-state index contributed by atoms with van der Waals surface area (Å²) in [6.45, 7) is 16.6. The summed E-state index contributed by atoms with van der Waals surface area (Å²) >= 11 is 1.74. The Labute approximate surface area is 229 Å². The number of thiazole rings is 1. The third-order valence-corrected chi connectivity index (χ3v) is 8.31. The smallest absolute Gasteiger partial charge is 0.236 e. The average Bonchev–Trinajstić information content (AvgIpc) is 3.33. The number of amides is 1. The van der Waals surface area contributed by atoms with Crippen LogP contribution in [-0.4, -0.2) is 91.7 Å². The number of rotatable bonds is 9. The lowest BCUT2D eigenvalue weighted by molar-refractivity contribution is -0.135. The fourth-order valence-corrected chi connectivity index (χ4v) is 6.01. The van der Waals surface area contributed by atoms with Crippen molar-refractivity contribution in [2.75, 3.05) is 60.1 Å². The standard InChI is InChI=1S/C25H38N4O3S.2C2H6/c1-19(32-3)21(9-4-5-16-31-2)25-26-22-10-11-27(17-23(22)33-25)18-24(30)29-14-12-28(13-15-29)20-7-6-8-20;2*1-2/h4-5,20H,6-18H2,1-3H3;2*1-2H3/b5-4-,21-19-;;. The number of ether oxygens (including phenoxy) is 2. The van der Waals surface area contributed by atoms with Crippen LogP contribution in [-0.2, 0) is 27.2 Å². The number of hydrogen-bond donors (Lipinski definition) is 0. The van der Waals surface area contributed by atoms with Gasteiger partial charge < -0.3 is 14.4 Å². The highest BCUT2D eigenvalue weighted by molar-refractivity contribution is 7.12. The van der Waals surface area contributed by atoms with E-state index in [9.17, 15) is 4.79 Å². The molecule has 1 aromatic heterocycles. The highest BCUT2D eigenvalue weighted by Gasteiger charge is 2.30. The van der Waals surface area contributed by atoms with E-state index in [1.165, 1.54) is 29.8 Å². The predicted molar refractivity (Wildman–Crippen MR) is 155 cm³/mol. The monoisotopic (exact) mass is 534 g/mol. The fourth-order valence-electron chi connectivity index (χ4n) is 4.76. The number of allylic oxidation sites excluding steroid dienone is 3. The number of methoxy groups -OCH3 is 2. The van der Waals surface area contributed by atoms with Crippen LogP contribution < -0.4 is 0 Å². The van der Waals surface area contributed by atoms with Gasteiger partial charge in [0.1, 0.15) is 5.01 Å². The lowest BCUT2D eigenvalue weighted by Crippen LogP contribution is -2.55. The SMILES string of the molecule is CC.CC.COC/C=C\C/C(=C(\C)OC)c1nc2c(s1)CN(CC(=O)N1CCN(C3CCC3)CC1)CC2. The number of nitrogens with zero attached hydrogens (tertiary/aromatic N) is 4. The number of hydrogen-bond acceptors (Lipinski definition) is 7. The average molecular weight is 535 g/mol. The van der Waals surface area contributed by atoms with Gasteiger partial charge in [-0.25, -0.2) is 4.98 Å². The van der Waals surface area contributed by atoms with Crippen molar-refractivity contribution in [3.63, 3.8) is 0 Å². The Balaban J connectivity index is 0.00000115. The molecular formula is C29H50N4O3S. The van der Waals surface area contributed by atoms with Crippen LogP contribution in [0.5, 0.6) is 0 Å². The van der Waals surface area contributed by atoms with Crippen molar-refractivity contribution >= 4 is 22.8 Å². The molecule has 1 saturated carbocycles. The maximum absolute atomic E-state index is 13.0. The van der Waals surface area contributed by atoms with Gasteiger partial charge in [0.15, 0.2) is 0 Å². The zero-order valence-electron chi connectivity index (χ0n) is 24.3. The van der Waals surface area contributed by atoms with Gasteiger partial charge in [-0.05, 0) is 26.2 Å². The van der Waals surface area contributed by atoms with Gasteiger partial charge in [-0.3, -0.25) is 14.6 Å². The Morgan fingerprint density at radius 1 is 1.05 bits per heavy atom. The van der Waals surface area contributed by atoms with Gasteiger partial charge in [0.25, 0.3) is 0 Å². The Morgan fingerprint density at radius 3 is 2.35 bits per heavy atom. The van der Waals surface area contributed by atoms with Crippen LogP contribution in [0.2, 0.25) is 0 Å². The normalized spacial score (nSPS) is 19.2. The minimum absolute atomic E-state index is 0.274. The van der Waals surface area contributed by atoms with Gasteiger partial charge in [0.05, 0.1) is 31.7 Å². The zero-order valence-corrected chi connectivity index (χ0v) is 25.2. The van der Waals surface area contributed by atoms with Crippen LogP contribution in [0.25, 0.3) is 5.57 Å². The number of fused-ring (bicyclic) bond motifs is 1. The van der Waals surface area contributed by atoms with Crippen molar-refractivity contribution in [3.8, 4) is 0 Å². The molecule has 210 valence electrons. The number of piperazine rings is 1. The molecule has 0 atom stereocenters. The van der Waals surface area contributed by atoms with Gasteiger partial charge in [-0.1, -0.05) is 46.3 Å². The van der Waals surface area contributed by atoms with Gasteiger partial charge >= 0.3 is 0 Å². The van der Waals surface area contributed by atoms with Gasteiger partial charge in [0, 0.05) is 69.3 Å². The van der Waals surface area contributed by atoms with Gasteiger partial charge in [0.2, 0.25) is 5.91 Å². The van der Waals surface area contributed by atoms with Crippen LogP contribution in [0.4, 0.5) is 0 Å².